The van der Waals surface area contributed by atoms with Crippen LogP contribution >= 0.6 is 11.3 Å². The van der Waals surface area contributed by atoms with E-state index in [4.69, 9.17) is 9.15 Å². The maximum Gasteiger partial charge on any atom is 0.242 e. The number of fused-ring (bicyclic) bond motifs is 1. The topological polar surface area (TPSA) is 63.0 Å². The highest BCUT2D eigenvalue weighted by Crippen LogP contribution is 2.34. The van der Waals surface area contributed by atoms with Gasteiger partial charge in [-0.3, -0.25) is 9.59 Å². The van der Waals surface area contributed by atoms with Crippen molar-refractivity contribution < 1.29 is 18.7 Å². The molecule has 7 heteroatoms. The molecule has 35 heavy (non-hydrogen) atoms. The number of carbonyl (C=O) groups is 2. The molecule has 2 aromatic heterocycles. The van der Waals surface area contributed by atoms with Gasteiger partial charge in [-0.2, -0.15) is 0 Å². The number of amides is 2. The summed E-state index contributed by atoms with van der Waals surface area (Å²) in [4.78, 5) is 31.3. The zero-order valence-electron chi connectivity index (χ0n) is 20.9. The van der Waals surface area contributed by atoms with Crippen LogP contribution in [0.25, 0.3) is 0 Å². The summed E-state index contributed by atoms with van der Waals surface area (Å²) in [6.45, 7) is 9.29. The van der Waals surface area contributed by atoms with Crippen LogP contribution in [0, 0.1) is 5.92 Å². The van der Waals surface area contributed by atoms with Gasteiger partial charge in [0.25, 0.3) is 0 Å². The number of thiophene rings is 1. The molecular weight excluding hydrogens is 460 g/mol. The molecule has 1 atom stereocenters. The predicted molar refractivity (Wildman–Crippen MR) is 137 cm³/mol. The van der Waals surface area contributed by atoms with Crippen molar-refractivity contribution in [1.82, 2.24) is 9.80 Å². The third kappa shape index (κ3) is 5.96. The van der Waals surface area contributed by atoms with Crippen LogP contribution < -0.4 is 4.74 Å². The van der Waals surface area contributed by atoms with Crippen LogP contribution in [0.4, 0.5) is 0 Å². The van der Waals surface area contributed by atoms with Crippen LogP contribution in [0.3, 0.4) is 0 Å². The maximum atomic E-state index is 13.6. The molecule has 3 aromatic rings. The summed E-state index contributed by atoms with van der Waals surface area (Å²) < 4.78 is 11.6. The van der Waals surface area contributed by atoms with Crippen molar-refractivity contribution in [3.8, 4) is 5.75 Å². The van der Waals surface area contributed by atoms with Crippen LogP contribution in [0.1, 0.15) is 61.4 Å². The normalized spacial score (nSPS) is 15.4. The highest BCUT2D eigenvalue weighted by molar-refractivity contribution is 7.10. The molecule has 6 nitrogen and oxygen atoms in total. The molecular formula is C28H34N2O4S. The van der Waals surface area contributed by atoms with E-state index < -0.39 is 0 Å². The van der Waals surface area contributed by atoms with Gasteiger partial charge in [0.05, 0.1) is 18.8 Å². The van der Waals surface area contributed by atoms with Crippen molar-refractivity contribution in [1.29, 1.82) is 0 Å². The number of hydrogen-bond acceptors (Lipinski definition) is 5. The number of ether oxygens (including phenoxy) is 1. The monoisotopic (exact) mass is 494 g/mol. The number of furan rings is 1. The molecule has 0 aliphatic carbocycles. The zero-order chi connectivity index (χ0) is 24.9. The molecule has 1 aromatic carbocycles. The first-order valence-electron chi connectivity index (χ1n) is 12.2. The zero-order valence-corrected chi connectivity index (χ0v) is 21.7. The van der Waals surface area contributed by atoms with Crippen molar-refractivity contribution in [2.24, 2.45) is 5.92 Å². The van der Waals surface area contributed by atoms with Gasteiger partial charge in [0, 0.05) is 17.3 Å². The van der Waals surface area contributed by atoms with Gasteiger partial charge in [0.15, 0.2) is 0 Å². The molecule has 0 bridgehead atoms. The molecule has 2 amide bonds. The van der Waals surface area contributed by atoms with Gasteiger partial charge < -0.3 is 19.0 Å². The molecule has 186 valence electrons. The summed E-state index contributed by atoms with van der Waals surface area (Å²) in [5, 5.41) is 2.08. The number of hydrogen-bond donors (Lipinski definition) is 0. The highest BCUT2D eigenvalue weighted by Gasteiger charge is 2.34. The first kappa shape index (κ1) is 25.0. The van der Waals surface area contributed by atoms with Crippen LogP contribution in [0.15, 0.2) is 58.5 Å². The van der Waals surface area contributed by atoms with E-state index in [1.165, 1.54) is 10.4 Å². The Hall–Kier alpha value is -3.06. The van der Waals surface area contributed by atoms with Crippen molar-refractivity contribution >= 4 is 23.2 Å². The Bertz CT molecular complexity index is 1120. The average molecular weight is 495 g/mol. The number of benzene rings is 1. The lowest BCUT2D eigenvalue weighted by atomic mass is 10.00. The molecule has 0 saturated carbocycles. The van der Waals surface area contributed by atoms with Crippen molar-refractivity contribution in [2.45, 2.75) is 52.6 Å². The lowest BCUT2D eigenvalue weighted by Gasteiger charge is -2.37. The Morgan fingerprint density at radius 1 is 1.14 bits per heavy atom. The van der Waals surface area contributed by atoms with E-state index in [0.717, 1.165) is 17.7 Å². The Labute approximate surface area is 211 Å². The SMILES string of the molecule is CC(C)C(=O)N(CC(=O)N1CCc2sccc2[C@H]1COc1ccc(C(C)C)cc1)Cc1ccco1. The van der Waals surface area contributed by atoms with E-state index in [9.17, 15) is 9.59 Å². The minimum Gasteiger partial charge on any atom is -0.491 e. The van der Waals surface area contributed by atoms with E-state index in [1.54, 1.807) is 28.6 Å². The summed E-state index contributed by atoms with van der Waals surface area (Å²) in [6.07, 6.45) is 2.40. The Balaban J connectivity index is 1.50. The fraction of sp³-hybridized carbons (Fsp3) is 0.429. The Morgan fingerprint density at radius 2 is 1.91 bits per heavy atom. The quantitative estimate of drug-likeness (QED) is 0.385. The lowest BCUT2D eigenvalue weighted by Crippen LogP contribution is -2.48. The molecule has 0 N–H and O–H groups in total. The number of nitrogens with zero attached hydrogens (tertiary/aromatic N) is 2. The summed E-state index contributed by atoms with van der Waals surface area (Å²) in [5.74, 6) is 1.55. The first-order chi connectivity index (χ1) is 16.8. The van der Waals surface area contributed by atoms with Crippen molar-refractivity contribution in [2.75, 3.05) is 19.7 Å². The standard InChI is InChI=1S/C28H34N2O4S/c1-19(2)21-7-9-22(10-8-21)34-18-25-24-12-15-35-26(24)11-13-30(25)27(31)17-29(28(32)20(3)4)16-23-6-5-14-33-23/h5-10,12,14-15,19-20,25H,11,13,16-18H2,1-4H3/t25-/m1/s1. The smallest absolute Gasteiger partial charge is 0.242 e. The van der Waals surface area contributed by atoms with E-state index in [2.05, 4.69) is 37.4 Å². The Kier molecular flexibility index (Phi) is 7.96. The van der Waals surface area contributed by atoms with Gasteiger partial charge in [-0.05, 0) is 59.2 Å². The highest BCUT2D eigenvalue weighted by atomic mass is 32.1. The van der Waals surface area contributed by atoms with Gasteiger partial charge in [0.1, 0.15) is 24.7 Å². The average Bonchev–Trinajstić information content (AvgIpc) is 3.53. The molecule has 3 heterocycles. The molecule has 0 fully saturated rings. The molecule has 1 aliphatic heterocycles. The predicted octanol–water partition coefficient (Wildman–Crippen LogP) is 5.65. The molecule has 4 rings (SSSR count). The lowest BCUT2D eigenvalue weighted by molar-refractivity contribution is -0.145. The second-order valence-electron chi connectivity index (χ2n) is 9.62. The van der Waals surface area contributed by atoms with Crippen LogP contribution in [-0.4, -0.2) is 41.3 Å². The van der Waals surface area contributed by atoms with Gasteiger partial charge in [-0.1, -0.05) is 39.8 Å². The number of rotatable bonds is 9. The van der Waals surface area contributed by atoms with Crippen LogP contribution in [-0.2, 0) is 22.6 Å². The number of carbonyl (C=O) groups excluding carboxylic acids is 2. The molecule has 0 saturated heterocycles. The van der Waals surface area contributed by atoms with Crippen LogP contribution in [0.2, 0.25) is 0 Å². The summed E-state index contributed by atoms with van der Waals surface area (Å²) in [7, 11) is 0. The fourth-order valence-corrected chi connectivity index (χ4v) is 5.35. The molecule has 0 radical (unpaired) electrons. The van der Waals surface area contributed by atoms with E-state index in [0.29, 0.717) is 24.8 Å². The third-order valence-electron chi connectivity index (χ3n) is 6.43. The fourth-order valence-electron chi connectivity index (χ4n) is 4.42. The van der Waals surface area contributed by atoms with E-state index in [-0.39, 0.29) is 36.9 Å². The molecule has 1 aliphatic rings. The van der Waals surface area contributed by atoms with Gasteiger partial charge in [-0.15, -0.1) is 11.3 Å². The van der Waals surface area contributed by atoms with Crippen molar-refractivity contribution in [3.05, 3.63) is 75.9 Å². The molecule has 0 spiro atoms. The van der Waals surface area contributed by atoms with Crippen LogP contribution in [0.5, 0.6) is 5.75 Å². The Morgan fingerprint density at radius 3 is 2.57 bits per heavy atom. The summed E-state index contributed by atoms with van der Waals surface area (Å²) in [6, 6.07) is 13.7. The first-order valence-corrected chi connectivity index (χ1v) is 13.1. The molecule has 0 unspecified atom stereocenters. The van der Waals surface area contributed by atoms with Gasteiger partial charge >= 0.3 is 0 Å². The second kappa shape index (κ2) is 11.1. The van der Waals surface area contributed by atoms with E-state index >= 15 is 0 Å². The second-order valence-corrected chi connectivity index (χ2v) is 10.6. The van der Waals surface area contributed by atoms with Gasteiger partial charge in [0.2, 0.25) is 11.8 Å². The maximum absolute atomic E-state index is 13.6. The third-order valence-corrected chi connectivity index (χ3v) is 7.42. The minimum absolute atomic E-state index is 0.0107. The summed E-state index contributed by atoms with van der Waals surface area (Å²) >= 11 is 1.72. The summed E-state index contributed by atoms with van der Waals surface area (Å²) in [5.41, 5.74) is 2.40. The van der Waals surface area contributed by atoms with E-state index in [1.807, 2.05) is 36.9 Å². The van der Waals surface area contributed by atoms with Crippen molar-refractivity contribution in [3.63, 3.8) is 0 Å². The largest absolute Gasteiger partial charge is 0.491 e. The minimum atomic E-state index is -0.212. The van der Waals surface area contributed by atoms with Gasteiger partial charge in [-0.25, -0.2) is 0 Å².